The maximum atomic E-state index is 5.52. The highest BCUT2D eigenvalue weighted by molar-refractivity contribution is 5.55. The molecule has 1 N–H and O–H groups in total. The number of methoxy groups -OCH3 is 1. The normalized spacial score (nSPS) is 20.7. The van der Waals surface area contributed by atoms with Crippen LogP contribution in [0.1, 0.15) is 30.0 Å². The predicted molar refractivity (Wildman–Crippen MR) is 85.0 cm³/mol. The van der Waals surface area contributed by atoms with Gasteiger partial charge >= 0.3 is 0 Å². The molecule has 1 atom stereocenters. The molecule has 122 valence electrons. The second kappa shape index (κ2) is 6.12. The Kier molecular flexibility index (Phi) is 3.83. The highest BCUT2D eigenvalue weighted by Gasteiger charge is 2.24. The summed E-state index contributed by atoms with van der Waals surface area (Å²) in [5.41, 5.74) is 2.43. The van der Waals surface area contributed by atoms with E-state index >= 15 is 0 Å². The Balaban J connectivity index is 1.49. The van der Waals surface area contributed by atoms with Gasteiger partial charge in [0.25, 0.3) is 0 Å². The van der Waals surface area contributed by atoms with Gasteiger partial charge in [0, 0.05) is 30.9 Å². The zero-order valence-corrected chi connectivity index (χ0v) is 13.2. The summed E-state index contributed by atoms with van der Waals surface area (Å²) in [6.07, 6.45) is 4.24. The van der Waals surface area contributed by atoms with Crippen LogP contribution in [0.15, 0.2) is 24.4 Å². The van der Waals surface area contributed by atoms with Crippen LogP contribution in [0.25, 0.3) is 0 Å². The predicted octanol–water partition coefficient (Wildman–Crippen LogP) is 2.53. The molecule has 2 aromatic rings. The third kappa shape index (κ3) is 2.86. The second-order valence-electron chi connectivity index (χ2n) is 6.12. The summed E-state index contributed by atoms with van der Waals surface area (Å²) >= 11 is 0. The average Bonchev–Trinajstić information content (AvgIpc) is 3.26. The highest BCUT2D eigenvalue weighted by Crippen LogP contribution is 2.42. The molecule has 2 aliphatic heterocycles. The van der Waals surface area contributed by atoms with E-state index in [2.05, 4.69) is 27.2 Å². The largest absolute Gasteiger partial charge is 0.493 e. The maximum absolute atomic E-state index is 5.52. The van der Waals surface area contributed by atoms with Crippen molar-refractivity contribution >= 4 is 0 Å². The molecule has 0 saturated carbocycles. The molecule has 0 aliphatic carbocycles. The number of H-pyrrole nitrogens is 1. The Morgan fingerprint density at radius 3 is 3.17 bits per heavy atom. The number of likely N-dealkylation sites (tertiary alicyclic amines) is 1. The molecule has 1 saturated heterocycles. The van der Waals surface area contributed by atoms with E-state index in [4.69, 9.17) is 14.2 Å². The number of hydrogen-bond acceptors (Lipinski definition) is 5. The molecule has 6 heteroatoms. The number of hydrogen-bond donors (Lipinski definition) is 1. The number of aromatic amines is 1. The van der Waals surface area contributed by atoms with Crippen molar-refractivity contribution in [1.82, 2.24) is 15.1 Å². The monoisotopic (exact) mass is 315 g/mol. The molecule has 1 unspecified atom stereocenters. The minimum absolute atomic E-state index is 0.265. The van der Waals surface area contributed by atoms with Crippen LogP contribution in [0.5, 0.6) is 17.2 Å². The van der Waals surface area contributed by atoms with Crippen LogP contribution in [-0.2, 0) is 6.54 Å². The maximum Gasteiger partial charge on any atom is 0.231 e. The van der Waals surface area contributed by atoms with E-state index in [0.29, 0.717) is 11.7 Å². The van der Waals surface area contributed by atoms with Crippen LogP contribution < -0.4 is 14.2 Å². The Hall–Kier alpha value is -2.21. The summed E-state index contributed by atoms with van der Waals surface area (Å²) in [6.45, 7) is 3.30. The Morgan fingerprint density at radius 2 is 2.35 bits per heavy atom. The fourth-order valence-corrected chi connectivity index (χ4v) is 3.48. The van der Waals surface area contributed by atoms with Gasteiger partial charge in [-0.1, -0.05) is 0 Å². The number of nitrogens with one attached hydrogen (secondary N) is 1. The Morgan fingerprint density at radius 1 is 1.39 bits per heavy atom. The molecule has 0 radical (unpaired) electrons. The first-order valence-corrected chi connectivity index (χ1v) is 8.01. The molecule has 0 bridgehead atoms. The van der Waals surface area contributed by atoms with Crippen molar-refractivity contribution in [2.75, 3.05) is 27.0 Å². The molecular formula is C17H21N3O3. The highest BCUT2D eigenvalue weighted by atomic mass is 16.7. The number of ether oxygens (including phenoxy) is 3. The lowest BCUT2D eigenvalue weighted by Gasteiger charge is -2.32. The summed E-state index contributed by atoms with van der Waals surface area (Å²) in [6, 6.07) is 6.19. The van der Waals surface area contributed by atoms with Crippen molar-refractivity contribution in [2.45, 2.75) is 25.3 Å². The van der Waals surface area contributed by atoms with E-state index in [-0.39, 0.29) is 6.79 Å². The van der Waals surface area contributed by atoms with Crippen LogP contribution in [0.4, 0.5) is 0 Å². The van der Waals surface area contributed by atoms with Crippen molar-refractivity contribution in [2.24, 2.45) is 0 Å². The number of piperidine rings is 1. The molecule has 1 aromatic carbocycles. The van der Waals surface area contributed by atoms with Crippen molar-refractivity contribution < 1.29 is 14.2 Å². The van der Waals surface area contributed by atoms with Crippen LogP contribution in [0.2, 0.25) is 0 Å². The number of rotatable bonds is 4. The summed E-state index contributed by atoms with van der Waals surface area (Å²) in [5.74, 6) is 2.77. The number of aromatic nitrogens is 2. The van der Waals surface area contributed by atoms with Crippen LogP contribution in [0, 0.1) is 0 Å². The van der Waals surface area contributed by atoms with Gasteiger partial charge in [-0.3, -0.25) is 10.00 Å². The van der Waals surface area contributed by atoms with Gasteiger partial charge < -0.3 is 14.2 Å². The van der Waals surface area contributed by atoms with Crippen LogP contribution in [0.3, 0.4) is 0 Å². The molecule has 3 heterocycles. The Labute approximate surface area is 135 Å². The van der Waals surface area contributed by atoms with Crippen molar-refractivity contribution in [3.05, 3.63) is 35.7 Å². The van der Waals surface area contributed by atoms with Gasteiger partial charge in [-0.15, -0.1) is 0 Å². The Bertz CT molecular complexity index is 672. The third-order valence-corrected chi connectivity index (χ3v) is 4.59. The van der Waals surface area contributed by atoms with Crippen molar-refractivity contribution in [3.63, 3.8) is 0 Å². The van der Waals surface area contributed by atoms with Gasteiger partial charge in [0.2, 0.25) is 12.5 Å². The number of nitrogens with zero attached hydrogens (tertiary/aromatic N) is 2. The first-order chi connectivity index (χ1) is 11.3. The topological polar surface area (TPSA) is 59.6 Å². The fourth-order valence-electron chi connectivity index (χ4n) is 3.48. The summed E-state index contributed by atoms with van der Waals surface area (Å²) in [4.78, 5) is 2.48. The lowest BCUT2D eigenvalue weighted by atomic mass is 9.94. The molecule has 1 aromatic heterocycles. The molecule has 2 aliphatic rings. The van der Waals surface area contributed by atoms with E-state index in [1.54, 1.807) is 7.11 Å². The second-order valence-corrected chi connectivity index (χ2v) is 6.12. The van der Waals surface area contributed by atoms with E-state index in [1.807, 2.05) is 12.3 Å². The van der Waals surface area contributed by atoms with E-state index in [0.717, 1.165) is 31.1 Å². The zero-order valence-electron chi connectivity index (χ0n) is 13.2. The lowest BCUT2D eigenvalue weighted by molar-refractivity contribution is 0.171. The number of benzene rings is 1. The smallest absolute Gasteiger partial charge is 0.231 e. The van der Waals surface area contributed by atoms with Gasteiger partial charge in [0.1, 0.15) is 0 Å². The van der Waals surface area contributed by atoms with Crippen LogP contribution in [-0.4, -0.2) is 42.1 Å². The van der Waals surface area contributed by atoms with Gasteiger partial charge in [-0.25, -0.2) is 0 Å². The van der Waals surface area contributed by atoms with Gasteiger partial charge in [0.05, 0.1) is 7.11 Å². The average molecular weight is 315 g/mol. The zero-order chi connectivity index (χ0) is 15.6. The van der Waals surface area contributed by atoms with Gasteiger partial charge in [-0.05, 0) is 43.1 Å². The lowest BCUT2D eigenvalue weighted by Crippen LogP contribution is -2.34. The minimum atomic E-state index is 0.265. The molecule has 0 spiro atoms. The SMILES string of the molecule is COc1cc(CN2CCCC(c3ccn[nH]3)C2)cc2c1OCO2. The number of fused-ring (bicyclic) bond motifs is 1. The third-order valence-electron chi connectivity index (χ3n) is 4.59. The first kappa shape index (κ1) is 14.4. The standard InChI is InChI=1S/C17H21N3O3/c1-21-15-7-12(8-16-17(15)23-11-22-16)9-20-6-2-3-13(10-20)14-4-5-18-19-14/h4-5,7-8,13H,2-3,6,9-11H2,1H3,(H,18,19). The first-order valence-electron chi connectivity index (χ1n) is 8.01. The van der Waals surface area contributed by atoms with Gasteiger partial charge in [-0.2, -0.15) is 5.10 Å². The summed E-state index contributed by atoms with van der Waals surface area (Å²) in [5, 5.41) is 7.19. The fraction of sp³-hybridized carbons (Fsp3) is 0.471. The van der Waals surface area contributed by atoms with E-state index < -0.39 is 0 Å². The van der Waals surface area contributed by atoms with E-state index in [9.17, 15) is 0 Å². The molecule has 1 fully saturated rings. The van der Waals surface area contributed by atoms with Gasteiger partial charge in [0.15, 0.2) is 11.5 Å². The van der Waals surface area contributed by atoms with Crippen molar-refractivity contribution in [1.29, 1.82) is 0 Å². The molecule has 23 heavy (non-hydrogen) atoms. The molecule has 4 rings (SSSR count). The summed E-state index contributed by atoms with van der Waals surface area (Å²) in [7, 11) is 1.66. The minimum Gasteiger partial charge on any atom is -0.493 e. The van der Waals surface area contributed by atoms with Crippen LogP contribution >= 0.6 is 0 Å². The molecule has 0 amide bonds. The summed E-state index contributed by atoms with van der Waals surface area (Å²) < 4.78 is 16.4. The van der Waals surface area contributed by atoms with Crippen molar-refractivity contribution in [3.8, 4) is 17.2 Å². The van der Waals surface area contributed by atoms with E-state index in [1.165, 1.54) is 24.1 Å². The quantitative estimate of drug-likeness (QED) is 0.939. The molecular weight excluding hydrogens is 294 g/mol. The molecule has 6 nitrogen and oxygen atoms in total.